The second-order valence-electron chi connectivity index (χ2n) is 9.45. The van der Waals surface area contributed by atoms with Crippen molar-refractivity contribution < 1.29 is 14.6 Å². The minimum atomic E-state index is -0.548. The molecule has 2 aliphatic heterocycles. The Hall–Kier alpha value is -3.39. The normalized spacial score (nSPS) is 20.2. The number of rotatable bonds is 6. The zero-order chi connectivity index (χ0) is 23.9. The largest absolute Gasteiger partial charge is 0.502 e. The van der Waals surface area contributed by atoms with E-state index in [9.17, 15) is 14.7 Å². The van der Waals surface area contributed by atoms with Crippen LogP contribution in [0.1, 0.15) is 40.0 Å². The van der Waals surface area contributed by atoms with Gasteiger partial charge in [0.2, 0.25) is 5.43 Å². The molecule has 7 nitrogen and oxygen atoms in total. The van der Waals surface area contributed by atoms with E-state index in [-0.39, 0.29) is 11.6 Å². The highest BCUT2D eigenvalue weighted by Crippen LogP contribution is 2.43. The van der Waals surface area contributed by atoms with Crippen LogP contribution in [0.15, 0.2) is 64.4 Å². The average Bonchev–Trinajstić information content (AvgIpc) is 3.65. The van der Waals surface area contributed by atoms with E-state index in [0.29, 0.717) is 31.7 Å². The molecule has 0 saturated heterocycles. The van der Waals surface area contributed by atoms with Crippen molar-refractivity contribution in [3.05, 3.63) is 87.3 Å². The van der Waals surface area contributed by atoms with Crippen LogP contribution in [0.3, 0.4) is 0 Å². The molecule has 6 rings (SSSR count). The number of carbonyl (C=O) groups excluding carboxylic acids is 1. The Labute approximate surface area is 207 Å². The fourth-order valence-electron chi connectivity index (χ4n) is 5.03. The van der Waals surface area contributed by atoms with Crippen molar-refractivity contribution in [1.82, 2.24) is 9.58 Å². The highest BCUT2D eigenvalue weighted by molar-refractivity contribution is 7.98. The number of thioether (sulfide) groups is 1. The molecule has 2 N–H and O–H groups in total. The lowest BCUT2D eigenvalue weighted by Crippen LogP contribution is -2.46. The fraction of sp³-hybridized carbons (Fsp3) is 0.333. The van der Waals surface area contributed by atoms with Crippen LogP contribution in [0, 0.1) is 11.8 Å². The van der Waals surface area contributed by atoms with Crippen LogP contribution in [-0.4, -0.2) is 40.4 Å². The van der Waals surface area contributed by atoms with Gasteiger partial charge in [-0.25, -0.2) is 0 Å². The number of nitrogens with one attached hydrogen (secondary N) is 1. The lowest BCUT2D eigenvalue weighted by molar-refractivity contribution is 0.0717. The third-order valence-electron chi connectivity index (χ3n) is 7.24. The van der Waals surface area contributed by atoms with Crippen LogP contribution in [0.5, 0.6) is 11.5 Å². The van der Waals surface area contributed by atoms with Gasteiger partial charge in [0, 0.05) is 41.4 Å². The quantitative estimate of drug-likeness (QED) is 0.548. The number of nitrogens with zero attached hydrogens (tertiary/aromatic N) is 2. The van der Waals surface area contributed by atoms with E-state index in [4.69, 9.17) is 4.74 Å². The third kappa shape index (κ3) is 4.27. The minimum Gasteiger partial charge on any atom is -0.502 e. The highest BCUT2D eigenvalue weighted by Gasteiger charge is 2.38. The molecule has 1 aromatic heterocycles. The molecule has 1 amide bonds. The number of amides is 1. The van der Waals surface area contributed by atoms with Gasteiger partial charge in [0.05, 0.1) is 6.61 Å². The summed E-state index contributed by atoms with van der Waals surface area (Å²) in [7, 11) is 0. The molecule has 3 aliphatic rings. The molecule has 2 aromatic carbocycles. The molecule has 0 spiro atoms. The summed E-state index contributed by atoms with van der Waals surface area (Å²) in [6.07, 6.45) is 4.33. The number of benzene rings is 2. The summed E-state index contributed by atoms with van der Waals surface area (Å²) in [5.74, 6) is 2.11. The van der Waals surface area contributed by atoms with Crippen molar-refractivity contribution in [2.75, 3.05) is 25.2 Å². The average molecular weight is 490 g/mol. The second kappa shape index (κ2) is 9.00. The van der Waals surface area contributed by atoms with E-state index >= 15 is 0 Å². The van der Waals surface area contributed by atoms with Crippen molar-refractivity contribution in [2.45, 2.75) is 29.9 Å². The minimum absolute atomic E-state index is 0.00365. The number of hydrogen-bond acceptors (Lipinski definition) is 6. The Bertz CT molecular complexity index is 1350. The predicted octanol–water partition coefficient (Wildman–Crippen LogP) is 3.81. The summed E-state index contributed by atoms with van der Waals surface area (Å²) < 4.78 is 7.76. The van der Waals surface area contributed by atoms with Crippen LogP contribution >= 0.6 is 11.8 Å². The van der Waals surface area contributed by atoms with Gasteiger partial charge in [0.1, 0.15) is 12.4 Å². The first-order valence-electron chi connectivity index (χ1n) is 12.0. The zero-order valence-corrected chi connectivity index (χ0v) is 20.1. The molecule has 3 heterocycles. The summed E-state index contributed by atoms with van der Waals surface area (Å²) in [5.41, 5.74) is 6.49. The second-order valence-corrected chi connectivity index (χ2v) is 10.5. The Balaban J connectivity index is 1.05. The van der Waals surface area contributed by atoms with E-state index < -0.39 is 11.2 Å². The van der Waals surface area contributed by atoms with Gasteiger partial charge in [0.15, 0.2) is 11.4 Å². The van der Waals surface area contributed by atoms with Gasteiger partial charge in [0.25, 0.3) is 5.91 Å². The Morgan fingerprint density at radius 1 is 1.06 bits per heavy atom. The highest BCUT2D eigenvalue weighted by atomic mass is 32.2. The van der Waals surface area contributed by atoms with Crippen LogP contribution in [0.25, 0.3) is 0 Å². The van der Waals surface area contributed by atoms with E-state index in [2.05, 4.69) is 47.9 Å². The topological polar surface area (TPSA) is 83.8 Å². The maximum Gasteiger partial charge on any atom is 0.277 e. The fourth-order valence-corrected chi connectivity index (χ4v) is 6.11. The molecule has 3 aromatic rings. The maximum atomic E-state index is 12.8. The van der Waals surface area contributed by atoms with Gasteiger partial charge in [-0.15, -0.1) is 11.8 Å². The van der Waals surface area contributed by atoms with Crippen LogP contribution in [0.4, 0.5) is 0 Å². The van der Waals surface area contributed by atoms with Gasteiger partial charge >= 0.3 is 0 Å². The first-order chi connectivity index (χ1) is 17.1. The van der Waals surface area contributed by atoms with Crippen molar-refractivity contribution >= 4 is 17.7 Å². The first-order valence-corrected chi connectivity index (χ1v) is 13.0. The molecule has 0 unspecified atom stereocenters. The standard InChI is InChI=1S/C27H27N3O4S/c31-22-9-11-30-25(26(22)32)27(33)29(16-28-30)10-8-17-12-20(17)14-34-23-6-3-5-19-15-35-24-7-2-1-4-18(24)13-21(19)23/h1-7,9,11,17,20,28,32H,8,10,12-16H2/t17-,20-/m1/s1. The lowest BCUT2D eigenvalue weighted by atomic mass is 9.99. The van der Waals surface area contributed by atoms with E-state index in [1.54, 1.807) is 4.90 Å². The smallest absolute Gasteiger partial charge is 0.277 e. The molecule has 1 fully saturated rings. The predicted molar refractivity (Wildman–Crippen MR) is 135 cm³/mol. The number of hydrogen-bond donors (Lipinski definition) is 2. The van der Waals surface area contributed by atoms with Crippen LogP contribution < -0.4 is 15.6 Å². The van der Waals surface area contributed by atoms with Gasteiger partial charge in [-0.05, 0) is 47.9 Å². The molecule has 180 valence electrons. The monoisotopic (exact) mass is 489 g/mol. The molecule has 0 bridgehead atoms. The first kappa shape index (κ1) is 22.1. The van der Waals surface area contributed by atoms with Gasteiger partial charge < -0.3 is 20.2 Å². The van der Waals surface area contributed by atoms with Crippen molar-refractivity contribution in [3.8, 4) is 11.5 Å². The Morgan fingerprint density at radius 3 is 2.83 bits per heavy atom. The number of aromatic nitrogens is 1. The molecular formula is C27H27N3O4S. The summed E-state index contributed by atoms with van der Waals surface area (Å²) in [6.45, 7) is 1.60. The third-order valence-corrected chi connectivity index (χ3v) is 8.40. The van der Waals surface area contributed by atoms with Crippen LogP contribution in [-0.2, 0) is 12.2 Å². The maximum absolute atomic E-state index is 12.8. The SMILES string of the molecule is O=C1c2c(O)c(=O)ccn2NCN1CC[C@@H]1C[C@@H]1COc1cccc2c1Cc1ccccc1SC2. The molecule has 2 atom stereocenters. The Kier molecular flexibility index (Phi) is 5.68. The molecule has 1 saturated carbocycles. The molecular weight excluding hydrogens is 462 g/mol. The van der Waals surface area contributed by atoms with Gasteiger partial charge in [-0.2, -0.15) is 0 Å². The Morgan fingerprint density at radius 2 is 1.91 bits per heavy atom. The number of fused-ring (bicyclic) bond motifs is 3. The van der Waals surface area contributed by atoms with E-state index in [1.165, 1.54) is 38.5 Å². The summed E-state index contributed by atoms with van der Waals surface area (Å²) in [6, 6.07) is 16.2. The zero-order valence-electron chi connectivity index (χ0n) is 19.3. The van der Waals surface area contributed by atoms with Crippen molar-refractivity contribution in [2.24, 2.45) is 11.8 Å². The molecule has 0 radical (unpaired) electrons. The number of carbonyl (C=O) groups is 1. The summed E-state index contributed by atoms with van der Waals surface area (Å²) >= 11 is 1.89. The van der Waals surface area contributed by atoms with Crippen molar-refractivity contribution in [3.63, 3.8) is 0 Å². The van der Waals surface area contributed by atoms with Gasteiger partial charge in [-0.1, -0.05) is 30.3 Å². The molecule has 8 heteroatoms. The number of ether oxygens (including phenoxy) is 1. The summed E-state index contributed by atoms with van der Waals surface area (Å²) in [5, 5.41) is 10.1. The molecule has 1 aliphatic carbocycles. The summed E-state index contributed by atoms with van der Waals surface area (Å²) in [4.78, 5) is 27.5. The van der Waals surface area contributed by atoms with Crippen LogP contribution in [0.2, 0.25) is 0 Å². The lowest BCUT2D eigenvalue weighted by Gasteiger charge is -2.31. The van der Waals surface area contributed by atoms with E-state index in [0.717, 1.165) is 30.8 Å². The van der Waals surface area contributed by atoms with Crippen molar-refractivity contribution in [1.29, 1.82) is 0 Å². The number of aromatic hydroxyl groups is 1. The molecule has 35 heavy (non-hydrogen) atoms. The van der Waals surface area contributed by atoms with Gasteiger partial charge in [-0.3, -0.25) is 14.3 Å². The van der Waals surface area contributed by atoms with E-state index in [1.807, 2.05) is 11.8 Å². The number of pyridine rings is 1.